The number of carbonyl (C=O) groups is 1. The average molecular weight is 313 g/mol. The highest BCUT2D eigenvalue weighted by Crippen LogP contribution is 2.32. The fourth-order valence-corrected chi connectivity index (χ4v) is 4.57. The molecule has 2 atom stereocenters. The first-order chi connectivity index (χ1) is 9.69. The first-order valence-electron chi connectivity index (χ1n) is 7.46. The maximum absolute atomic E-state index is 12.0. The Balaban J connectivity index is 1.37. The fourth-order valence-electron chi connectivity index (χ4n) is 3.49. The Labute approximate surface area is 129 Å². The summed E-state index contributed by atoms with van der Waals surface area (Å²) in [4.78, 5) is 13.2. The largest absolute Gasteiger partial charge is 0.356 e. The van der Waals surface area contributed by atoms with Gasteiger partial charge in [-0.3, -0.25) is 4.79 Å². The van der Waals surface area contributed by atoms with Gasteiger partial charge < -0.3 is 10.6 Å². The summed E-state index contributed by atoms with van der Waals surface area (Å²) in [6.45, 7) is 0.716. The van der Waals surface area contributed by atoms with Gasteiger partial charge in [-0.2, -0.15) is 0 Å². The molecule has 2 aliphatic rings. The van der Waals surface area contributed by atoms with Crippen molar-refractivity contribution < 1.29 is 4.79 Å². The molecule has 110 valence electrons. The van der Waals surface area contributed by atoms with Crippen molar-refractivity contribution in [2.24, 2.45) is 5.92 Å². The van der Waals surface area contributed by atoms with Crippen molar-refractivity contribution >= 4 is 28.8 Å². The standard InChI is InChI=1S/C15H21ClN2OS/c16-14-4-3-13(20-14)5-6-17-15(19)9-10-7-11-1-2-12(8-10)18-11/h3-4,10-12,18H,1-2,5-9H2,(H,17,19). The van der Waals surface area contributed by atoms with Crippen LogP contribution in [0.1, 0.15) is 37.0 Å². The molecule has 1 amide bonds. The second-order valence-corrected chi connectivity index (χ2v) is 7.78. The minimum Gasteiger partial charge on any atom is -0.356 e. The SMILES string of the molecule is O=C(CC1CC2CCC(C1)N2)NCCc1ccc(Cl)s1. The summed E-state index contributed by atoms with van der Waals surface area (Å²) in [5, 5.41) is 6.66. The number of hydrogen-bond acceptors (Lipinski definition) is 3. The number of carbonyl (C=O) groups excluding carboxylic acids is 1. The van der Waals surface area contributed by atoms with E-state index in [1.165, 1.54) is 30.6 Å². The van der Waals surface area contributed by atoms with Gasteiger partial charge in [-0.15, -0.1) is 11.3 Å². The third-order valence-corrected chi connectivity index (χ3v) is 5.66. The number of rotatable bonds is 5. The molecule has 0 radical (unpaired) electrons. The van der Waals surface area contributed by atoms with Gasteiger partial charge in [0.05, 0.1) is 4.34 Å². The predicted octanol–water partition coefficient (Wildman–Crippen LogP) is 2.98. The summed E-state index contributed by atoms with van der Waals surface area (Å²) in [5.41, 5.74) is 0. The summed E-state index contributed by atoms with van der Waals surface area (Å²) >= 11 is 7.48. The van der Waals surface area contributed by atoms with Gasteiger partial charge in [-0.05, 0) is 50.2 Å². The third kappa shape index (κ3) is 3.74. The topological polar surface area (TPSA) is 41.1 Å². The van der Waals surface area contributed by atoms with E-state index in [-0.39, 0.29) is 5.91 Å². The minimum absolute atomic E-state index is 0.207. The lowest BCUT2D eigenvalue weighted by Gasteiger charge is -2.28. The van der Waals surface area contributed by atoms with Crippen LogP contribution in [0.15, 0.2) is 12.1 Å². The van der Waals surface area contributed by atoms with Crippen LogP contribution in [0.5, 0.6) is 0 Å². The Morgan fingerprint density at radius 2 is 2.10 bits per heavy atom. The van der Waals surface area contributed by atoms with Crippen LogP contribution in [0.25, 0.3) is 0 Å². The maximum atomic E-state index is 12.0. The van der Waals surface area contributed by atoms with E-state index in [4.69, 9.17) is 11.6 Å². The van der Waals surface area contributed by atoms with Gasteiger partial charge in [0.25, 0.3) is 0 Å². The zero-order valence-electron chi connectivity index (χ0n) is 11.5. The van der Waals surface area contributed by atoms with Crippen molar-refractivity contribution in [3.63, 3.8) is 0 Å². The van der Waals surface area contributed by atoms with Gasteiger partial charge in [-0.1, -0.05) is 11.6 Å². The molecule has 1 aromatic rings. The summed E-state index contributed by atoms with van der Waals surface area (Å²) < 4.78 is 0.816. The molecule has 0 saturated carbocycles. The molecule has 2 fully saturated rings. The number of piperidine rings is 1. The average Bonchev–Trinajstić information content (AvgIpc) is 2.96. The summed E-state index contributed by atoms with van der Waals surface area (Å²) in [7, 11) is 0. The lowest BCUT2D eigenvalue weighted by atomic mass is 9.89. The number of amides is 1. The Hall–Kier alpha value is -0.580. The molecule has 1 aromatic heterocycles. The normalized spacial score (nSPS) is 28.6. The van der Waals surface area contributed by atoms with E-state index in [1.807, 2.05) is 12.1 Å². The number of halogens is 1. The Morgan fingerprint density at radius 3 is 2.75 bits per heavy atom. The van der Waals surface area contributed by atoms with Gasteiger partial charge in [-0.25, -0.2) is 0 Å². The van der Waals surface area contributed by atoms with Crippen molar-refractivity contribution in [3.05, 3.63) is 21.3 Å². The minimum atomic E-state index is 0.207. The predicted molar refractivity (Wildman–Crippen MR) is 83.3 cm³/mol. The molecule has 3 nitrogen and oxygen atoms in total. The Kier molecular flexibility index (Phi) is 4.64. The lowest BCUT2D eigenvalue weighted by Crippen LogP contribution is -2.39. The number of thiophene rings is 1. The molecule has 2 aliphatic heterocycles. The van der Waals surface area contributed by atoms with Crippen molar-refractivity contribution in [2.75, 3.05) is 6.54 Å². The van der Waals surface area contributed by atoms with Crippen LogP contribution in [0.4, 0.5) is 0 Å². The zero-order valence-corrected chi connectivity index (χ0v) is 13.1. The van der Waals surface area contributed by atoms with Crippen LogP contribution in [0.3, 0.4) is 0 Å². The van der Waals surface area contributed by atoms with Crippen LogP contribution in [-0.4, -0.2) is 24.5 Å². The molecule has 0 aliphatic carbocycles. The number of nitrogens with one attached hydrogen (secondary N) is 2. The number of fused-ring (bicyclic) bond motifs is 2. The monoisotopic (exact) mass is 312 g/mol. The fraction of sp³-hybridized carbons (Fsp3) is 0.667. The molecular formula is C15H21ClN2OS. The van der Waals surface area contributed by atoms with Gasteiger partial charge in [0.1, 0.15) is 0 Å². The molecule has 2 N–H and O–H groups in total. The van der Waals surface area contributed by atoms with Gasteiger partial charge >= 0.3 is 0 Å². The number of hydrogen-bond donors (Lipinski definition) is 2. The maximum Gasteiger partial charge on any atom is 0.220 e. The second-order valence-electron chi connectivity index (χ2n) is 5.99. The lowest BCUT2D eigenvalue weighted by molar-refractivity contribution is -0.122. The van der Waals surface area contributed by atoms with E-state index in [0.717, 1.165) is 10.8 Å². The summed E-state index contributed by atoms with van der Waals surface area (Å²) in [6.07, 6.45) is 6.50. The van der Waals surface area contributed by atoms with Gasteiger partial charge in [0, 0.05) is 29.9 Å². The van der Waals surface area contributed by atoms with Crippen LogP contribution in [0.2, 0.25) is 4.34 Å². The summed E-state index contributed by atoms with van der Waals surface area (Å²) in [5.74, 6) is 0.781. The smallest absolute Gasteiger partial charge is 0.220 e. The van der Waals surface area contributed by atoms with Gasteiger partial charge in [0.2, 0.25) is 5.91 Å². The van der Waals surface area contributed by atoms with Crippen molar-refractivity contribution in [2.45, 2.75) is 50.6 Å². The van der Waals surface area contributed by atoms with E-state index in [2.05, 4.69) is 10.6 Å². The van der Waals surface area contributed by atoms with Crippen molar-refractivity contribution in [1.82, 2.24) is 10.6 Å². The van der Waals surface area contributed by atoms with E-state index in [9.17, 15) is 4.79 Å². The van der Waals surface area contributed by atoms with Crippen molar-refractivity contribution in [3.8, 4) is 0 Å². The zero-order chi connectivity index (χ0) is 13.9. The third-order valence-electron chi connectivity index (χ3n) is 4.37. The van der Waals surface area contributed by atoms with Crippen LogP contribution < -0.4 is 10.6 Å². The molecule has 5 heteroatoms. The second kappa shape index (κ2) is 6.46. The van der Waals surface area contributed by atoms with Crippen LogP contribution >= 0.6 is 22.9 Å². The quantitative estimate of drug-likeness (QED) is 0.877. The van der Waals surface area contributed by atoms with E-state index in [0.29, 0.717) is 31.0 Å². The summed E-state index contributed by atoms with van der Waals surface area (Å²) in [6, 6.07) is 5.28. The highest BCUT2D eigenvalue weighted by Gasteiger charge is 2.33. The first-order valence-corrected chi connectivity index (χ1v) is 8.65. The molecule has 3 rings (SSSR count). The molecule has 20 heavy (non-hydrogen) atoms. The van der Waals surface area contributed by atoms with E-state index in [1.54, 1.807) is 11.3 Å². The molecule has 0 aromatic carbocycles. The Morgan fingerprint density at radius 1 is 1.35 bits per heavy atom. The van der Waals surface area contributed by atoms with E-state index >= 15 is 0 Å². The molecule has 2 unspecified atom stereocenters. The molecule has 3 heterocycles. The van der Waals surface area contributed by atoms with Crippen molar-refractivity contribution in [1.29, 1.82) is 0 Å². The highest BCUT2D eigenvalue weighted by molar-refractivity contribution is 7.16. The van der Waals surface area contributed by atoms with Crippen LogP contribution in [0, 0.1) is 5.92 Å². The molecule has 2 saturated heterocycles. The van der Waals surface area contributed by atoms with E-state index < -0.39 is 0 Å². The Bertz CT molecular complexity index is 464. The van der Waals surface area contributed by atoms with Gasteiger partial charge in [0.15, 0.2) is 0 Å². The molecular weight excluding hydrogens is 292 g/mol. The molecule has 0 spiro atoms. The molecule has 2 bridgehead atoms. The first kappa shape index (κ1) is 14.4. The van der Waals surface area contributed by atoms with Crippen LogP contribution in [-0.2, 0) is 11.2 Å². The highest BCUT2D eigenvalue weighted by atomic mass is 35.5.